The minimum atomic E-state index is -1.72. The van der Waals surface area contributed by atoms with E-state index in [1.54, 1.807) is 24.3 Å². The van der Waals surface area contributed by atoms with Gasteiger partial charge < -0.3 is 30.7 Å². The number of allylic oxidation sites excluding steroid dienone is 1. The molecule has 0 fully saturated rings. The summed E-state index contributed by atoms with van der Waals surface area (Å²) in [6.45, 7) is 5.73. The second-order valence-electron chi connectivity index (χ2n) is 8.36. The summed E-state index contributed by atoms with van der Waals surface area (Å²) in [5, 5.41) is 36.6. The van der Waals surface area contributed by atoms with E-state index in [1.807, 2.05) is 20.8 Å². The van der Waals surface area contributed by atoms with Crippen LogP contribution in [-0.4, -0.2) is 70.5 Å². The van der Waals surface area contributed by atoms with Gasteiger partial charge in [-0.2, -0.15) is 0 Å². The van der Waals surface area contributed by atoms with Gasteiger partial charge in [-0.1, -0.05) is 44.5 Å². The Morgan fingerprint density at radius 2 is 2.00 bits per heavy atom. The predicted molar refractivity (Wildman–Crippen MR) is 120 cm³/mol. The summed E-state index contributed by atoms with van der Waals surface area (Å²) in [6.07, 6.45) is -3.25. The zero-order chi connectivity index (χ0) is 23.3. The van der Waals surface area contributed by atoms with Crippen LogP contribution in [0, 0.1) is 5.41 Å². The van der Waals surface area contributed by atoms with Crippen molar-refractivity contribution in [3.63, 3.8) is 0 Å². The van der Waals surface area contributed by atoms with Gasteiger partial charge in [0.25, 0.3) is 5.91 Å². The number of thioether (sulfide) groups is 1. The quantitative estimate of drug-likeness (QED) is 0.381. The molecule has 0 aromatic heterocycles. The molecule has 5 N–H and O–H groups in total. The van der Waals surface area contributed by atoms with Gasteiger partial charge in [0.2, 0.25) is 5.91 Å². The minimum Gasteiger partial charge on any atom is -0.387 e. The predicted octanol–water partition coefficient (Wildman–Crippen LogP) is 1.57. The normalized spacial score (nSPS) is 20.9. The number of aliphatic hydroxyl groups excluding tert-OH is 3. The highest BCUT2D eigenvalue weighted by molar-refractivity contribution is 7.99. The Morgan fingerprint density at radius 1 is 1.32 bits per heavy atom. The molecule has 5 atom stereocenters. The third-order valence-corrected chi connectivity index (χ3v) is 5.94. The molecule has 1 aliphatic rings. The Balaban J connectivity index is 2.05. The number of hydrogen-bond acceptors (Lipinski definition) is 7. The molecule has 0 bridgehead atoms. The molecule has 0 aliphatic carbocycles. The van der Waals surface area contributed by atoms with Crippen molar-refractivity contribution in [3.05, 3.63) is 35.4 Å². The highest BCUT2D eigenvalue weighted by atomic mass is 35.5. The molecule has 0 unspecified atom stereocenters. The third kappa shape index (κ3) is 7.20. The molecule has 1 heterocycles. The summed E-state index contributed by atoms with van der Waals surface area (Å²) in [4.78, 5) is 26.0. The number of ether oxygens (including phenoxy) is 1. The lowest BCUT2D eigenvalue weighted by atomic mass is 9.94. The van der Waals surface area contributed by atoms with E-state index in [2.05, 4.69) is 10.6 Å². The zero-order valence-corrected chi connectivity index (χ0v) is 19.4. The van der Waals surface area contributed by atoms with Crippen molar-refractivity contribution in [3.8, 4) is 0 Å². The lowest BCUT2D eigenvalue weighted by molar-refractivity contribution is -0.150. The van der Waals surface area contributed by atoms with Crippen LogP contribution in [0.2, 0.25) is 5.02 Å². The highest BCUT2D eigenvalue weighted by Gasteiger charge is 2.37. The SMILES string of the molecule is CO[C@@H](C(=O)N[C@H]1CSc2cc(Cl)ccc2NC1=O)[C@H](O)[C@@H](O)[C@H](O)/C=C/C(C)(C)C. The molecule has 0 saturated heterocycles. The van der Waals surface area contributed by atoms with Crippen LogP contribution in [0.15, 0.2) is 35.2 Å². The monoisotopic (exact) mass is 472 g/mol. The van der Waals surface area contributed by atoms with Crippen LogP contribution in [0.25, 0.3) is 0 Å². The maximum Gasteiger partial charge on any atom is 0.252 e. The first-order valence-electron chi connectivity index (χ1n) is 9.73. The number of hydrogen-bond donors (Lipinski definition) is 5. The Hall–Kier alpha value is -1.62. The van der Waals surface area contributed by atoms with Crippen LogP contribution in [-0.2, 0) is 14.3 Å². The lowest BCUT2D eigenvalue weighted by Gasteiger charge is -2.28. The first-order chi connectivity index (χ1) is 14.4. The fourth-order valence-corrected chi connectivity index (χ4v) is 4.13. The van der Waals surface area contributed by atoms with E-state index in [0.29, 0.717) is 10.7 Å². The van der Waals surface area contributed by atoms with Crippen LogP contribution in [0.3, 0.4) is 0 Å². The Bertz CT molecular complexity index is 829. The molecule has 1 aromatic rings. The number of amides is 2. The van der Waals surface area contributed by atoms with Crippen molar-refractivity contribution in [1.29, 1.82) is 0 Å². The van der Waals surface area contributed by atoms with Gasteiger partial charge in [-0.3, -0.25) is 9.59 Å². The Labute approximate surface area is 191 Å². The van der Waals surface area contributed by atoms with Crippen LogP contribution < -0.4 is 10.6 Å². The number of halogens is 1. The topological polar surface area (TPSA) is 128 Å². The molecule has 8 nitrogen and oxygen atoms in total. The van der Waals surface area contributed by atoms with Gasteiger partial charge in [-0.15, -0.1) is 11.8 Å². The largest absolute Gasteiger partial charge is 0.387 e. The molecular weight excluding hydrogens is 444 g/mol. The summed E-state index contributed by atoms with van der Waals surface area (Å²) in [6, 6.07) is 4.14. The number of benzene rings is 1. The zero-order valence-electron chi connectivity index (χ0n) is 17.8. The first-order valence-corrected chi connectivity index (χ1v) is 11.1. The molecule has 1 aliphatic heterocycles. The second kappa shape index (κ2) is 10.8. The van der Waals surface area contributed by atoms with E-state index in [4.69, 9.17) is 16.3 Å². The van der Waals surface area contributed by atoms with E-state index in [0.717, 1.165) is 4.90 Å². The van der Waals surface area contributed by atoms with E-state index >= 15 is 0 Å². The molecule has 10 heteroatoms. The molecule has 0 saturated carbocycles. The molecule has 31 heavy (non-hydrogen) atoms. The number of aliphatic hydroxyl groups is 3. The van der Waals surface area contributed by atoms with Crippen molar-refractivity contribution in [1.82, 2.24) is 5.32 Å². The van der Waals surface area contributed by atoms with Crippen molar-refractivity contribution >= 4 is 40.9 Å². The van der Waals surface area contributed by atoms with Gasteiger partial charge in [-0.05, 0) is 23.6 Å². The molecule has 2 rings (SSSR count). The van der Waals surface area contributed by atoms with E-state index < -0.39 is 42.3 Å². The Kier molecular flexibility index (Phi) is 8.93. The van der Waals surface area contributed by atoms with Crippen LogP contribution in [0.5, 0.6) is 0 Å². The molecule has 1 aromatic carbocycles. The summed E-state index contributed by atoms with van der Waals surface area (Å²) >= 11 is 7.34. The van der Waals surface area contributed by atoms with Crippen molar-refractivity contribution < 1.29 is 29.6 Å². The first kappa shape index (κ1) is 25.6. The average Bonchev–Trinajstić information content (AvgIpc) is 2.84. The van der Waals surface area contributed by atoms with Gasteiger partial charge in [0.05, 0.1) is 5.69 Å². The van der Waals surface area contributed by atoms with Gasteiger partial charge >= 0.3 is 0 Å². The summed E-state index contributed by atoms with van der Waals surface area (Å²) in [7, 11) is 1.19. The van der Waals surface area contributed by atoms with Crippen LogP contribution >= 0.6 is 23.4 Å². The summed E-state index contributed by atoms with van der Waals surface area (Å²) < 4.78 is 5.06. The summed E-state index contributed by atoms with van der Waals surface area (Å²) in [5.41, 5.74) is 0.347. The number of methoxy groups -OCH3 is 1. The second-order valence-corrected chi connectivity index (χ2v) is 9.85. The number of nitrogens with one attached hydrogen (secondary N) is 2. The third-order valence-electron chi connectivity index (χ3n) is 4.56. The summed E-state index contributed by atoms with van der Waals surface area (Å²) in [5.74, 6) is -0.984. The van der Waals surface area contributed by atoms with E-state index in [1.165, 1.54) is 24.9 Å². The molecule has 2 amide bonds. The van der Waals surface area contributed by atoms with Crippen LogP contribution in [0.4, 0.5) is 5.69 Å². The Morgan fingerprint density at radius 3 is 2.61 bits per heavy atom. The maximum atomic E-state index is 12.7. The lowest BCUT2D eigenvalue weighted by Crippen LogP contribution is -2.55. The van der Waals surface area contributed by atoms with Gasteiger partial charge in [0, 0.05) is 22.8 Å². The minimum absolute atomic E-state index is 0.233. The smallest absolute Gasteiger partial charge is 0.252 e. The fourth-order valence-electron chi connectivity index (χ4n) is 2.83. The molecule has 172 valence electrons. The van der Waals surface area contributed by atoms with Crippen molar-refractivity contribution in [2.24, 2.45) is 5.41 Å². The molecule has 0 radical (unpaired) electrons. The average molecular weight is 473 g/mol. The number of fused-ring (bicyclic) bond motifs is 1. The van der Waals surface area contributed by atoms with E-state index in [-0.39, 0.29) is 11.2 Å². The number of rotatable bonds is 7. The number of anilines is 1. The van der Waals surface area contributed by atoms with E-state index in [9.17, 15) is 24.9 Å². The fraction of sp³-hybridized carbons (Fsp3) is 0.524. The standard InChI is InChI=1S/C21H29ClN2O6S/c1-21(2,3)8-7-14(25)16(26)17(27)18(30-4)20(29)24-13-10-31-15-9-11(22)5-6-12(15)23-19(13)28/h5-9,13-14,16-18,25-27H,10H2,1-4H3,(H,23,28)(H,24,29)/b8-7+/t13-,14+,16-,17+,18+/m0/s1. The molecular formula is C21H29ClN2O6S. The van der Waals surface area contributed by atoms with Crippen molar-refractivity contribution in [2.45, 2.75) is 56.1 Å². The highest BCUT2D eigenvalue weighted by Crippen LogP contribution is 2.33. The van der Waals surface area contributed by atoms with Gasteiger partial charge in [0.1, 0.15) is 24.4 Å². The molecule has 0 spiro atoms. The number of carbonyl (C=O) groups excluding carboxylic acids is 2. The van der Waals surface area contributed by atoms with Gasteiger partial charge in [-0.25, -0.2) is 0 Å². The maximum absolute atomic E-state index is 12.7. The van der Waals surface area contributed by atoms with Gasteiger partial charge in [0.15, 0.2) is 6.10 Å². The van der Waals surface area contributed by atoms with Crippen LogP contribution in [0.1, 0.15) is 20.8 Å². The van der Waals surface area contributed by atoms with Crippen molar-refractivity contribution in [2.75, 3.05) is 18.2 Å². The number of carbonyl (C=O) groups is 2.